The summed E-state index contributed by atoms with van der Waals surface area (Å²) in [6.07, 6.45) is 11.8. The average molecular weight is 282 g/mol. The lowest BCUT2D eigenvalue weighted by Crippen LogP contribution is -2.42. The highest BCUT2D eigenvalue weighted by atomic mass is 15.3. The maximum Gasteiger partial charge on any atom is 0.137 e. The molecule has 2 aromatic rings. The molecule has 4 heteroatoms. The van der Waals surface area contributed by atoms with Crippen LogP contribution >= 0.6 is 0 Å². The van der Waals surface area contributed by atoms with E-state index in [1.54, 1.807) is 6.33 Å². The molecule has 0 N–H and O–H groups in total. The summed E-state index contributed by atoms with van der Waals surface area (Å²) in [6, 6.07) is 11.1. The van der Waals surface area contributed by atoms with Crippen LogP contribution in [0.2, 0.25) is 0 Å². The fraction of sp³-hybridized carbons (Fsp3) is 0.412. The van der Waals surface area contributed by atoms with Crippen LogP contribution in [0.1, 0.15) is 24.8 Å². The summed E-state index contributed by atoms with van der Waals surface area (Å²) in [7, 11) is 0. The SMILES string of the molecule is C(=C\c1ccccc1)/CN1CCCCC1Cn1cncn1. The van der Waals surface area contributed by atoms with Gasteiger partial charge in [-0.05, 0) is 24.9 Å². The van der Waals surface area contributed by atoms with Crippen molar-refractivity contribution in [3.05, 3.63) is 54.6 Å². The van der Waals surface area contributed by atoms with Crippen molar-refractivity contribution in [2.75, 3.05) is 13.1 Å². The van der Waals surface area contributed by atoms with Crippen LogP contribution in [-0.2, 0) is 6.54 Å². The molecule has 0 amide bonds. The molecule has 0 radical (unpaired) electrons. The minimum absolute atomic E-state index is 0.570. The zero-order valence-corrected chi connectivity index (χ0v) is 12.3. The Kier molecular flexibility index (Phi) is 4.79. The van der Waals surface area contributed by atoms with E-state index in [1.165, 1.54) is 31.4 Å². The summed E-state index contributed by atoms with van der Waals surface area (Å²) in [5.41, 5.74) is 1.27. The summed E-state index contributed by atoms with van der Waals surface area (Å²) in [5, 5.41) is 4.23. The Morgan fingerprint density at radius 2 is 2.10 bits per heavy atom. The molecule has 1 aliphatic heterocycles. The Labute approximate surface area is 126 Å². The van der Waals surface area contributed by atoms with Crippen LogP contribution in [0.25, 0.3) is 6.08 Å². The van der Waals surface area contributed by atoms with Gasteiger partial charge >= 0.3 is 0 Å². The summed E-state index contributed by atoms with van der Waals surface area (Å²) in [5.74, 6) is 0. The maximum atomic E-state index is 4.23. The van der Waals surface area contributed by atoms with Gasteiger partial charge in [0.1, 0.15) is 12.7 Å². The summed E-state index contributed by atoms with van der Waals surface area (Å²) < 4.78 is 1.95. The van der Waals surface area contributed by atoms with E-state index in [2.05, 4.69) is 57.5 Å². The normalized spacial score (nSPS) is 20.1. The smallest absolute Gasteiger partial charge is 0.137 e. The number of nitrogens with zero attached hydrogens (tertiary/aromatic N) is 4. The van der Waals surface area contributed by atoms with Crippen molar-refractivity contribution in [3.8, 4) is 0 Å². The maximum absolute atomic E-state index is 4.23. The standard InChI is InChI=1S/C17H22N4/c1-2-7-16(8-3-1)9-6-12-20-11-5-4-10-17(20)13-21-15-18-14-19-21/h1-3,6-9,14-15,17H,4-5,10-13H2/b9-6+. The van der Waals surface area contributed by atoms with Gasteiger partial charge in [0.15, 0.2) is 0 Å². The number of likely N-dealkylation sites (tertiary alicyclic amines) is 1. The van der Waals surface area contributed by atoms with Gasteiger partial charge in [-0.2, -0.15) is 5.10 Å². The molecular weight excluding hydrogens is 260 g/mol. The quantitative estimate of drug-likeness (QED) is 0.845. The lowest BCUT2D eigenvalue weighted by atomic mass is 10.0. The number of rotatable bonds is 5. The van der Waals surface area contributed by atoms with Gasteiger partial charge in [0.05, 0.1) is 6.54 Å². The topological polar surface area (TPSA) is 34.0 Å². The first kappa shape index (κ1) is 14.0. The van der Waals surface area contributed by atoms with Crippen LogP contribution in [0.5, 0.6) is 0 Å². The molecule has 1 fully saturated rings. The molecule has 110 valence electrons. The lowest BCUT2D eigenvalue weighted by Gasteiger charge is -2.34. The van der Waals surface area contributed by atoms with Gasteiger partial charge in [-0.3, -0.25) is 9.58 Å². The third kappa shape index (κ3) is 4.02. The first-order valence-electron chi connectivity index (χ1n) is 7.70. The fourth-order valence-corrected chi connectivity index (χ4v) is 2.94. The first-order valence-corrected chi connectivity index (χ1v) is 7.70. The van der Waals surface area contributed by atoms with Gasteiger partial charge in [-0.15, -0.1) is 0 Å². The van der Waals surface area contributed by atoms with Crippen LogP contribution in [-0.4, -0.2) is 38.8 Å². The molecule has 1 aliphatic rings. The lowest BCUT2D eigenvalue weighted by molar-refractivity contribution is 0.145. The van der Waals surface area contributed by atoms with E-state index < -0.39 is 0 Å². The summed E-state index contributed by atoms with van der Waals surface area (Å²) >= 11 is 0. The fourth-order valence-electron chi connectivity index (χ4n) is 2.94. The average Bonchev–Trinajstić information content (AvgIpc) is 3.03. The second-order valence-electron chi connectivity index (χ2n) is 5.58. The summed E-state index contributed by atoms with van der Waals surface area (Å²) in [6.45, 7) is 3.13. The number of piperidine rings is 1. The van der Waals surface area contributed by atoms with Crippen LogP contribution < -0.4 is 0 Å². The van der Waals surface area contributed by atoms with Crippen LogP contribution in [0.3, 0.4) is 0 Å². The van der Waals surface area contributed by atoms with Gasteiger partial charge in [0.25, 0.3) is 0 Å². The van der Waals surface area contributed by atoms with Crippen LogP contribution in [0.4, 0.5) is 0 Å². The van der Waals surface area contributed by atoms with E-state index in [1.807, 2.05) is 11.0 Å². The van der Waals surface area contributed by atoms with E-state index >= 15 is 0 Å². The largest absolute Gasteiger partial charge is 0.295 e. The highest BCUT2D eigenvalue weighted by Crippen LogP contribution is 2.18. The Bertz CT molecular complexity index is 547. The molecule has 4 nitrogen and oxygen atoms in total. The van der Waals surface area contributed by atoms with E-state index in [4.69, 9.17) is 0 Å². The molecule has 1 atom stereocenters. The van der Waals surface area contributed by atoms with Gasteiger partial charge < -0.3 is 0 Å². The zero-order valence-electron chi connectivity index (χ0n) is 12.3. The van der Waals surface area contributed by atoms with E-state index in [-0.39, 0.29) is 0 Å². The summed E-state index contributed by atoms with van der Waals surface area (Å²) in [4.78, 5) is 6.59. The number of benzene rings is 1. The van der Waals surface area contributed by atoms with Gasteiger partial charge in [0, 0.05) is 12.6 Å². The predicted octanol–water partition coefficient (Wildman–Crippen LogP) is 2.85. The first-order chi connectivity index (χ1) is 10.4. The minimum atomic E-state index is 0.570. The van der Waals surface area contributed by atoms with Crippen molar-refractivity contribution in [2.24, 2.45) is 0 Å². The third-order valence-electron chi connectivity index (χ3n) is 4.06. The number of hydrogen-bond acceptors (Lipinski definition) is 3. The molecule has 0 aliphatic carbocycles. The highest BCUT2D eigenvalue weighted by Gasteiger charge is 2.21. The molecule has 1 aromatic carbocycles. The predicted molar refractivity (Wildman–Crippen MR) is 84.7 cm³/mol. The van der Waals surface area contributed by atoms with E-state index in [0.29, 0.717) is 6.04 Å². The molecule has 1 unspecified atom stereocenters. The molecule has 21 heavy (non-hydrogen) atoms. The monoisotopic (exact) mass is 282 g/mol. The van der Waals surface area contributed by atoms with Gasteiger partial charge in [-0.1, -0.05) is 48.9 Å². The molecule has 2 heterocycles. The van der Waals surface area contributed by atoms with Crippen molar-refractivity contribution < 1.29 is 0 Å². The van der Waals surface area contributed by atoms with Crippen LogP contribution in [0.15, 0.2) is 49.1 Å². The van der Waals surface area contributed by atoms with E-state index in [9.17, 15) is 0 Å². The Hall–Kier alpha value is -1.94. The molecular formula is C17H22N4. The molecule has 1 aromatic heterocycles. The van der Waals surface area contributed by atoms with Gasteiger partial charge in [0.2, 0.25) is 0 Å². The van der Waals surface area contributed by atoms with Crippen molar-refractivity contribution in [2.45, 2.75) is 31.8 Å². The Morgan fingerprint density at radius 1 is 1.19 bits per heavy atom. The Morgan fingerprint density at radius 3 is 2.90 bits per heavy atom. The van der Waals surface area contributed by atoms with Gasteiger partial charge in [-0.25, -0.2) is 4.98 Å². The number of hydrogen-bond donors (Lipinski definition) is 0. The van der Waals surface area contributed by atoms with Crippen molar-refractivity contribution in [1.29, 1.82) is 0 Å². The Balaban J connectivity index is 1.58. The molecule has 3 rings (SSSR count). The molecule has 0 spiro atoms. The second-order valence-corrected chi connectivity index (χ2v) is 5.58. The minimum Gasteiger partial charge on any atom is -0.295 e. The molecule has 0 saturated carbocycles. The molecule has 1 saturated heterocycles. The molecule has 0 bridgehead atoms. The third-order valence-corrected chi connectivity index (χ3v) is 4.06. The second kappa shape index (κ2) is 7.18. The zero-order chi connectivity index (χ0) is 14.3. The van der Waals surface area contributed by atoms with Crippen molar-refractivity contribution >= 4 is 6.08 Å². The van der Waals surface area contributed by atoms with Crippen molar-refractivity contribution in [1.82, 2.24) is 19.7 Å². The van der Waals surface area contributed by atoms with E-state index in [0.717, 1.165) is 13.1 Å². The highest BCUT2D eigenvalue weighted by molar-refractivity contribution is 5.48. The van der Waals surface area contributed by atoms with Crippen LogP contribution in [0, 0.1) is 0 Å². The number of aromatic nitrogens is 3. The van der Waals surface area contributed by atoms with Crippen molar-refractivity contribution in [3.63, 3.8) is 0 Å².